The maximum atomic E-state index is 2.34. The Labute approximate surface area is 62.0 Å². The Morgan fingerprint density at radius 3 is 2.57 bits per heavy atom. The topological polar surface area (TPSA) is 0 Å². The van der Waals surface area contributed by atoms with Gasteiger partial charge in [-0.15, -0.1) is 0 Å². The van der Waals surface area contributed by atoms with Crippen molar-refractivity contribution in [1.29, 1.82) is 0 Å². The first-order chi connectivity index (χ1) is 3.41. The maximum absolute atomic E-state index is 2.34. The molecule has 0 spiro atoms. The SMILES string of the molecule is CCCCCSI. The zero-order valence-corrected chi connectivity index (χ0v) is 7.59. The Bertz CT molecular complexity index is 27.3. The molecular formula is C5H11IS. The summed E-state index contributed by atoms with van der Waals surface area (Å²) >= 11 is 2.34. The van der Waals surface area contributed by atoms with E-state index in [9.17, 15) is 0 Å². The number of unbranched alkanes of at least 4 members (excludes halogenated alkanes) is 2. The second kappa shape index (κ2) is 7.08. The number of hydrogen-bond donors (Lipinski definition) is 0. The Kier molecular flexibility index (Phi) is 8.17. The van der Waals surface area contributed by atoms with Crippen LogP contribution >= 0.6 is 30.1 Å². The molecule has 0 heterocycles. The Balaban J connectivity index is 2.45. The molecule has 0 atom stereocenters. The third-order valence-corrected chi connectivity index (χ3v) is 2.59. The van der Waals surface area contributed by atoms with Crippen LogP contribution in [-0.2, 0) is 0 Å². The molecule has 0 aromatic carbocycles. The van der Waals surface area contributed by atoms with Crippen molar-refractivity contribution < 1.29 is 0 Å². The fourth-order valence-corrected chi connectivity index (χ4v) is 1.65. The van der Waals surface area contributed by atoms with Crippen molar-refractivity contribution in [3.8, 4) is 0 Å². The normalized spacial score (nSPS) is 9.43. The lowest BCUT2D eigenvalue weighted by Crippen LogP contribution is -1.73. The predicted molar refractivity (Wildman–Crippen MR) is 46.0 cm³/mol. The van der Waals surface area contributed by atoms with Crippen LogP contribution in [0.4, 0.5) is 0 Å². The predicted octanol–water partition coefficient (Wildman–Crippen LogP) is 3.26. The third-order valence-electron chi connectivity index (χ3n) is 0.825. The number of hydrogen-bond acceptors (Lipinski definition) is 1. The van der Waals surface area contributed by atoms with Crippen LogP contribution in [0.3, 0.4) is 0 Å². The lowest BCUT2D eigenvalue weighted by Gasteiger charge is -1.89. The minimum atomic E-state index is 1.33. The molecule has 44 valence electrons. The summed E-state index contributed by atoms with van der Waals surface area (Å²) in [5.41, 5.74) is 0. The lowest BCUT2D eigenvalue weighted by atomic mass is 10.3. The van der Waals surface area contributed by atoms with Crippen LogP contribution in [0.5, 0.6) is 0 Å². The maximum Gasteiger partial charge on any atom is 0.00334 e. The molecule has 0 unspecified atom stereocenters. The largest absolute Gasteiger partial charge is 0.0894 e. The fraction of sp³-hybridized carbons (Fsp3) is 1.00. The van der Waals surface area contributed by atoms with E-state index in [2.05, 4.69) is 28.1 Å². The first kappa shape index (κ1) is 8.08. The van der Waals surface area contributed by atoms with Gasteiger partial charge in [-0.1, -0.05) is 28.7 Å². The van der Waals surface area contributed by atoms with Crippen molar-refractivity contribution in [3.05, 3.63) is 0 Å². The van der Waals surface area contributed by atoms with E-state index in [1.54, 1.807) is 0 Å². The van der Waals surface area contributed by atoms with Gasteiger partial charge in [0.25, 0.3) is 0 Å². The van der Waals surface area contributed by atoms with Crippen molar-refractivity contribution in [2.24, 2.45) is 0 Å². The van der Waals surface area contributed by atoms with Crippen LogP contribution in [0.25, 0.3) is 0 Å². The van der Waals surface area contributed by atoms with E-state index in [1.165, 1.54) is 25.0 Å². The molecule has 0 fully saturated rings. The minimum Gasteiger partial charge on any atom is -0.0894 e. The van der Waals surface area contributed by atoms with Crippen molar-refractivity contribution >= 4 is 30.1 Å². The molecule has 0 amide bonds. The minimum absolute atomic E-state index is 1.33. The van der Waals surface area contributed by atoms with Crippen LogP contribution in [0, 0.1) is 0 Å². The summed E-state index contributed by atoms with van der Waals surface area (Å²) < 4.78 is 0. The molecule has 0 aliphatic heterocycles. The van der Waals surface area contributed by atoms with Crippen molar-refractivity contribution in [2.45, 2.75) is 26.2 Å². The highest BCUT2D eigenvalue weighted by Gasteiger charge is 1.81. The third kappa shape index (κ3) is 7.08. The fourth-order valence-electron chi connectivity index (χ4n) is 0.407. The quantitative estimate of drug-likeness (QED) is 0.527. The molecule has 7 heavy (non-hydrogen) atoms. The summed E-state index contributed by atoms with van der Waals surface area (Å²) in [6, 6.07) is 0. The van der Waals surface area contributed by atoms with Gasteiger partial charge in [0.05, 0.1) is 0 Å². The number of halogens is 1. The van der Waals surface area contributed by atoms with E-state index >= 15 is 0 Å². The van der Waals surface area contributed by atoms with Gasteiger partial charge >= 0.3 is 0 Å². The first-order valence-corrected chi connectivity index (χ1v) is 6.18. The van der Waals surface area contributed by atoms with Gasteiger partial charge in [0, 0.05) is 5.75 Å². The van der Waals surface area contributed by atoms with Crippen LogP contribution in [0.15, 0.2) is 0 Å². The van der Waals surface area contributed by atoms with Crippen LogP contribution in [0.2, 0.25) is 0 Å². The summed E-state index contributed by atoms with van der Waals surface area (Å²) in [7, 11) is 1.91. The van der Waals surface area contributed by atoms with Gasteiger partial charge in [0.2, 0.25) is 0 Å². The average Bonchev–Trinajstić information content (AvgIpc) is 1.69. The molecule has 0 aliphatic carbocycles. The van der Waals surface area contributed by atoms with E-state index in [0.717, 1.165) is 0 Å². The summed E-state index contributed by atoms with van der Waals surface area (Å²) in [5.74, 6) is 1.33. The van der Waals surface area contributed by atoms with Crippen molar-refractivity contribution in [2.75, 3.05) is 5.75 Å². The van der Waals surface area contributed by atoms with Crippen molar-refractivity contribution in [1.82, 2.24) is 0 Å². The zero-order valence-electron chi connectivity index (χ0n) is 4.61. The van der Waals surface area contributed by atoms with Gasteiger partial charge in [0.1, 0.15) is 0 Å². The Hall–Kier alpha value is 1.08. The summed E-state index contributed by atoms with van der Waals surface area (Å²) in [4.78, 5) is 0. The Morgan fingerprint density at radius 2 is 2.14 bits per heavy atom. The summed E-state index contributed by atoms with van der Waals surface area (Å²) in [6.45, 7) is 2.23. The standard InChI is InChI=1S/C5H11IS/c1-2-3-4-5-7-6/h2-5H2,1H3. The molecule has 0 nitrogen and oxygen atoms in total. The van der Waals surface area contributed by atoms with Crippen LogP contribution in [-0.4, -0.2) is 5.75 Å². The molecule has 0 N–H and O–H groups in total. The highest BCUT2D eigenvalue weighted by atomic mass is 127. The average molecular weight is 230 g/mol. The molecule has 0 rings (SSSR count). The molecule has 0 aliphatic rings. The molecule has 0 bridgehead atoms. The summed E-state index contributed by atoms with van der Waals surface area (Å²) in [5, 5.41) is 0. The van der Waals surface area contributed by atoms with Gasteiger partial charge in [-0.3, -0.25) is 0 Å². The van der Waals surface area contributed by atoms with Gasteiger partial charge in [0.15, 0.2) is 0 Å². The van der Waals surface area contributed by atoms with Crippen LogP contribution in [0.1, 0.15) is 26.2 Å². The molecular weight excluding hydrogens is 219 g/mol. The molecule has 0 aromatic heterocycles. The van der Waals surface area contributed by atoms with Crippen LogP contribution < -0.4 is 0 Å². The highest BCUT2D eigenvalue weighted by Crippen LogP contribution is 2.13. The molecule has 0 aromatic rings. The second-order valence-electron chi connectivity index (χ2n) is 1.52. The van der Waals surface area contributed by atoms with E-state index in [1.807, 2.05) is 8.93 Å². The second-order valence-corrected chi connectivity index (χ2v) is 4.02. The van der Waals surface area contributed by atoms with Gasteiger partial charge in [-0.2, -0.15) is 0 Å². The highest BCUT2D eigenvalue weighted by molar-refractivity contribution is 14.2. The lowest BCUT2D eigenvalue weighted by molar-refractivity contribution is 0.780. The molecule has 0 saturated heterocycles. The van der Waals surface area contributed by atoms with Gasteiger partial charge in [-0.05, 0) is 27.6 Å². The molecule has 0 radical (unpaired) electrons. The van der Waals surface area contributed by atoms with E-state index < -0.39 is 0 Å². The van der Waals surface area contributed by atoms with Gasteiger partial charge in [-0.25, -0.2) is 0 Å². The van der Waals surface area contributed by atoms with E-state index in [4.69, 9.17) is 0 Å². The smallest absolute Gasteiger partial charge is 0.00334 e. The van der Waals surface area contributed by atoms with E-state index in [-0.39, 0.29) is 0 Å². The van der Waals surface area contributed by atoms with E-state index in [0.29, 0.717) is 0 Å². The van der Waals surface area contributed by atoms with Gasteiger partial charge < -0.3 is 0 Å². The monoisotopic (exact) mass is 230 g/mol. The molecule has 0 saturated carbocycles. The van der Waals surface area contributed by atoms with Crippen molar-refractivity contribution in [3.63, 3.8) is 0 Å². The number of rotatable bonds is 4. The zero-order chi connectivity index (χ0) is 5.54. The Morgan fingerprint density at radius 1 is 1.43 bits per heavy atom. The summed E-state index contributed by atoms with van der Waals surface area (Å²) in [6.07, 6.45) is 4.14. The first-order valence-electron chi connectivity index (χ1n) is 2.65. The molecule has 2 heteroatoms.